The Labute approximate surface area is 120 Å². The van der Waals surface area contributed by atoms with Gasteiger partial charge in [0.15, 0.2) is 0 Å². The van der Waals surface area contributed by atoms with Crippen LogP contribution in [0.15, 0.2) is 0 Å². The van der Waals surface area contributed by atoms with E-state index in [1.54, 1.807) is 0 Å². The molecule has 2 N–H and O–H groups in total. The average Bonchev–Trinajstić information content (AvgIpc) is 2.24. The van der Waals surface area contributed by atoms with Gasteiger partial charge in [-0.25, -0.2) is 0 Å². The minimum absolute atomic E-state index is 0.250. The van der Waals surface area contributed by atoms with E-state index in [9.17, 15) is 0 Å². The maximum absolute atomic E-state index is 6.32. The number of hydrogen-bond acceptors (Lipinski definition) is 2. The highest BCUT2D eigenvalue weighted by molar-refractivity contribution is 5.05. The second kappa shape index (κ2) is 5.04. The second-order valence-electron chi connectivity index (χ2n) is 8.98. The number of nitrogens with zero attached hydrogens (tertiary/aromatic N) is 1. The third kappa shape index (κ3) is 3.33. The summed E-state index contributed by atoms with van der Waals surface area (Å²) < 4.78 is 0. The zero-order chi connectivity index (χ0) is 14.3. The van der Waals surface area contributed by atoms with E-state index < -0.39 is 0 Å². The first kappa shape index (κ1) is 15.3. The van der Waals surface area contributed by atoms with Crippen molar-refractivity contribution in [2.45, 2.75) is 72.3 Å². The molecule has 0 aromatic carbocycles. The van der Waals surface area contributed by atoms with Crippen LogP contribution in [-0.2, 0) is 0 Å². The molecule has 0 spiro atoms. The summed E-state index contributed by atoms with van der Waals surface area (Å²) in [5.41, 5.74) is 7.40. The largest absolute Gasteiger partial charge is 0.329 e. The first-order chi connectivity index (χ1) is 8.68. The third-order valence-corrected chi connectivity index (χ3v) is 5.28. The summed E-state index contributed by atoms with van der Waals surface area (Å²) in [7, 11) is 0. The third-order valence-electron chi connectivity index (χ3n) is 5.28. The Bertz CT molecular complexity index is 303. The zero-order valence-corrected chi connectivity index (χ0v) is 13.8. The molecular weight excluding hydrogens is 232 g/mol. The van der Waals surface area contributed by atoms with Crippen molar-refractivity contribution in [1.82, 2.24) is 4.90 Å². The molecule has 1 heterocycles. The highest BCUT2D eigenvalue weighted by atomic mass is 15.2. The van der Waals surface area contributed by atoms with Crippen LogP contribution >= 0.6 is 0 Å². The van der Waals surface area contributed by atoms with Crippen LogP contribution in [0.5, 0.6) is 0 Å². The lowest BCUT2D eigenvalue weighted by Gasteiger charge is -2.57. The fraction of sp³-hybridized carbons (Fsp3) is 1.00. The predicted molar refractivity (Wildman–Crippen MR) is 83.2 cm³/mol. The molecule has 1 saturated carbocycles. The second-order valence-corrected chi connectivity index (χ2v) is 8.98. The van der Waals surface area contributed by atoms with Gasteiger partial charge in [0, 0.05) is 18.6 Å². The van der Waals surface area contributed by atoms with Crippen LogP contribution in [0.4, 0.5) is 0 Å². The van der Waals surface area contributed by atoms with Crippen molar-refractivity contribution in [2.75, 3.05) is 19.6 Å². The summed E-state index contributed by atoms with van der Waals surface area (Å²) in [6, 6.07) is 0. The van der Waals surface area contributed by atoms with E-state index in [1.807, 2.05) is 0 Å². The molecule has 2 nitrogen and oxygen atoms in total. The van der Waals surface area contributed by atoms with E-state index in [4.69, 9.17) is 5.73 Å². The minimum Gasteiger partial charge on any atom is -0.329 e. The lowest BCUT2D eigenvalue weighted by atomic mass is 9.57. The van der Waals surface area contributed by atoms with Crippen molar-refractivity contribution in [3.05, 3.63) is 0 Å². The fourth-order valence-electron chi connectivity index (χ4n) is 5.38. The van der Waals surface area contributed by atoms with Crippen molar-refractivity contribution in [3.63, 3.8) is 0 Å². The van der Waals surface area contributed by atoms with E-state index in [0.717, 1.165) is 12.5 Å². The lowest BCUT2D eigenvalue weighted by Crippen LogP contribution is -2.62. The molecule has 1 saturated heterocycles. The van der Waals surface area contributed by atoms with Crippen LogP contribution in [0.3, 0.4) is 0 Å². The number of likely N-dealkylation sites (tertiary alicyclic amines) is 1. The van der Waals surface area contributed by atoms with E-state index in [-0.39, 0.29) is 5.54 Å². The molecule has 112 valence electrons. The quantitative estimate of drug-likeness (QED) is 0.826. The molecule has 19 heavy (non-hydrogen) atoms. The van der Waals surface area contributed by atoms with Gasteiger partial charge < -0.3 is 5.73 Å². The average molecular weight is 266 g/mol. The van der Waals surface area contributed by atoms with Crippen LogP contribution < -0.4 is 5.73 Å². The number of hydrogen-bond donors (Lipinski definition) is 1. The van der Waals surface area contributed by atoms with Crippen LogP contribution in [0.2, 0.25) is 0 Å². The first-order valence-electron chi connectivity index (χ1n) is 8.13. The number of piperidine rings is 1. The predicted octanol–water partition coefficient (Wildman–Crippen LogP) is 3.65. The Balaban J connectivity index is 2.25. The Kier molecular flexibility index (Phi) is 4.06. The standard InChI is InChI=1S/C17H34N2/c1-14-7-6-8-19(9-14)17(13-18)11-15(2,3)10-16(4,5)12-17/h14H,6-13,18H2,1-5H3. The molecule has 0 aromatic rings. The molecule has 0 bridgehead atoms. The summed E-state index contributed by atoms with van der Waals surface area (Å²) in [6.45, 7) is 15.5. The van der Waals surface area contributed by atoms with Gasteiger partial charge >= 0.3 is 0 Å². The molecule has 2 rings (SSSR count). The molecule has 1 aliphatic carbocycles. The maximum atomic E-state index is 6.32. The SMILES string of the molecule is CC1CCCN(C2(CN)CC(C)(C)CC(C)(C)C2)C1. The molecule has 2 aliphatic rings. The Hall–Kier alpha value is -0.0800. The van der Waals surface area contributed by atoms with Gasteiger partial charge in [-0.05, 0) is 55.4 Å². The summed E-state index contributed by atoms with van der Waals surface area (Å²) >= 11 is 0. The van der Waals surface area contributed by atoms with E-state index in [0.29, 0.717) is 10.8 Å². The topological polar surface area (TPSA) is 29.3 Å². The molecule has 0 aromatic heterocycles. The fourth-order valence-corrected chi connectivity index (χ4v) is 5.38. The molecule has 1 aliphatic heterocycles. The minimum atomic E-state index is 0.250. The van der Waals surface area contributed by atoms with Crippen molar-refractivity contribution in [3.8, 4) is 0 Å². The van der Waals surface area contributed by atoms with Crippen LogP contribution in [0.25, 0.3) is 0 Å². The lowest BCUT2D eigenvalue weighted by molar-refractivity contribution is -0.0582. The van der Waals surface area contributed by atoms with Gasteiger partial charge in [-0.15, -0.1) is 0 Å². The number of rotatable bonds is 2. The Morgan fingerprint density at radius 1 is 1.05 bits per heavy atom. The maximum Gasteiger partial charge on any atom is 0.0342 e. The van der Waals surface area contributed by atoms with E-state index in [1.165, 1.54) is 45.2 Å². The molecule has 2 heteroatoms. The molecule has 2 fully saturated rings. The number of nitrogens with two attached hydrogens (primary N) is 1. The van der Waals surface area contributed by atoms with Gasteiger partial charge in [0.2, 0.25) is 0 Å². The molecule has 1 atom stereocenters. The summed E-state index contributed by atoms with van der Waals surface area (Å²) in [5, 5.41) is 0. The monoisotopic (exact) mass is 266 g/mol. The molecule has 1 unspecified atom stereocenters. The Morgan fingerprint density at radius 3 is 2.11 bits per heavy atom. The van der Waals surface area contributed by atoms with Crippen molar-refractivity contribution >= 4 is 0 Å². The van der Waals surface area contributed by atoms with Gasteiger partial charge in [0.05, 0.1) is 0 Å². The Morgan fingerprint density at radius 2 is 1.63 bits per heavy atom. The molecule has 0 amide bonds. The summed E-state index contributed by atoms with van der Waals surface area (Å²) in [5.74, 6) is 0.838. The molecule has 0 radical (unpaired) electrons. The van der Waals surface area contributed by atoms with Gasteiger partial charge in [0.25, 0.3) is 0 Å². The summed E-state index contributed by atoms with van der Waals surface area (Å²) in [6.07, 6.45) is 6.61. The van der Waals surface area contributed by atoms with Gasteiger partial charge in [-0.1, -0.05) is 34.6 Å². The normalized spacial score (nSPS) is 34.1. The smallest absolute Gasteiger partial charge is 0.0342 e. The van der Waals surface area contributed by atoms with Crippen LogP contribution in [0, 0.1) is 16.7 Å². The van der Waals surface area contributed by atoms with Crippen LogP contribution in [0.1, 0.15) is 66.7 Å². The summed E-state index contributed by atoms with van der Waals surface area (Å²) in [4.78, 5) is 2.75. The van der Waals surface area contributed by atoms with Crippen molar-refractivity contribution in [1.29, 1.82) is 0 Å². The first-order valence-corrected chi connectivity index (χ1v) is 8.13. The van der Waals surface area contributed by atoms with Crippen molar-refractivity contribution < 1.29 is 0 Å². The van der Waals surface area contributed by atoms with E-state index in [2.05, 4.69) is 39.5 Å². The van der Waals surface area contributed by atoms with E-state index >= 15 is 0 Å². The highest BCUT2D eigenvalue weighted by Crippen LogP contribution is 2.52. The van der Waals surface area contributed by atoms with Gasteiger partial charge in [0.1, 0.15) is 0 Å². The van der Waals surface area contributed by atoms with Gasteiger partial charge in [-0.2, -0.15) is 0 Å². The van der Waals surface area contributed by atoms with Crippen LogP contribution in [-0.4, -0.2) is 30.1 Å². The zero-order valence-electron chi connectivity index (χ0n) is 13.8. The molecular formula is C17H34N2. The van der Waals surface area contributed by atoms with Gasteiger partial charge in [-0.3, -0.25) is 4.90 Å². The highest BCUT2D eigenvalue weighted by Gasteiger charge is 2.49. The van der Waals surface area contributed by atoms with Crippen molar-refractivity contribution in [2.24, 2.45) is 22.5 Å².